The summed E-state index contributed by atoms with van der Waals surface area (Å²) in [5, 5.41) is 2.73. The normalized spacial score (nSPS) is 15.0. The summed E-state index contributed by atoms with van der Waals surface area (Å²) in [7, 11) is -2.60. The zero-order valence-electron chi connectivity index (χ0n) is 16.5. The summed E-state index contributed by atoms with van der Waals surface area (Å²) in [6.07, 6.45) is 0.625. The molecule has 0 spiro atoms. The van der Waals surface area contributed by atoms with Gasteiger partial charge in [-0.15, -0.1) is 0 Å². The van der Waals surface area contributed by atoms with Gasteiger partial charge in [0.05, 0.1) is 5.69 Å². The molecule has 4 rings (SSSR count). The lowest BCUT2D eigenvalue weighted by molar-refractivity contribution is 0.102. The number of amides is 2. The molecule has 0 atom stereocenters. The molecule has 3 aromatic carbocycles. The molecule has 9 heteroatoms. The van der Waals surface area contributed by atoms with Crippen molar-refractivity contribution in [1.82, 2.24) is 4.72 Å². The fourth-order valence-corrected chi connectivity index (χ4v) is 5.14. The van der Waals surface area contributed by atoms with Gasteiger partial charge in [-0.1, -0.05) is 18.2 Å². The van der Waals surface area contributed by atoms with Crippen LogP contribution in [0.4, 0.5) is 14.9 Å². The van der Waals surface area contributed by atoms with Crippen LogP contribution in [0.2, 0.25) is 0 Å². The molecule has 0 unspecified atom stereocenters. The van der Waals surface area contributed by atoms with Gasteiger partial charge in [0.15, 0.2) is 5.75 Å². The van der Waals surface area contributed by atoms with Crippen LogP contribution in [0, 0.1) is 5.82 Å². The van der Waals surface area contributed by atoms with Crippen molar-refractivity contribution in [3.63, 3.8) is 0 Å². The van der Waals surface area contributed by atoms with Crippen LogP contribution in [-0.4, -0.2) is 22.5 Å². The maximum Gasteiger partial charge on any atom is 0.410 e. The van der Waals surface area contributed by atoms with Crippen LogP contribution in [0.25, 0.3) is 11.1 Å². The summed E-state index contributed by atoms with van der Waals surface area (Å²) < 4.78 is 33.7. The largest absolute Gasteiger partial charge is 0.410 e. The molecular weight excluding hydrogens is 421 g/mol. The number of thiol groups is 1. The summed E-state index contributed by atoms with van der Waals surface area (Å²) in [4.78, 5) is 24.9. The first-order valence-corrected chi connectivity index (χ1v) is 11.5. The van der Waals surface area contributed by atoms with Crippen LogP contribution in [0.3, 0.4) is 0 Å². The van der Waals surface area contributed by atoms with Crippen molar-refractivity contribution in [1.29, 1.82) is 0 Å². The van der Waals surface area contributed by atoms with Gasteiger partial charge in [-0.2, -0.15) is 0 Å². The lowest BCUT2D eigenvalue weighted by Crippen LogP contribution is -2.21. The van der Waals surface area contributed by atoms with Crippen molar-refractivity contribution in [3.05, 3.63) is 77.6 Å². The molecule has 7 nitrogen and oxygen atoms in total. The van der Waals surface area contributed by atoms with E-state index in [0.717, 1.165) is 5.56 Å². The number of primary amides is 1. The number of benzene rings is 3. The Hall–Kier alpha value is -3.56. The van der Waals surface area contributed by atoms with E-state index in [0.29, 0.717) is 28.1 Å². The minimum Gasteiger partial charge on any atom is -0.408 e. The Morgan fingerprint density at radius 2 is 1.77 bits per heavy atom. The van der Waals surface area contributed by atoms with E-state index in [1.807, 2.05) is 0 Å². The third-order valence-corrected chi connectivity index (χ3v) is 7.11. The van der Waals surface area contributed by atoms with Gasteiger partial charge in [0.25, 0.3) is 5.91 Å². The number of fused-ring (bicyclic) bond motifs is 1. The van der Waals surface area contributed by atoms with Crippen LogP contribution in [0.1, 0.15) is 15.9 Å². The van der Waals surface area contributed by atoms with Gasteiger partial charge in [0.2, 0.25) is 0 Å². The van der Waals surface area contributed by atoms with E-state index < -0.39 is 22.1 Å². The molecule has 2 amide bonds. The number of nitrogens with two attached hydrogens (primary N) is 1. The van der Waals surface area contributed by atoms with Crippen LogP contribution < -0.4 is 20.5 Å². The Kier molecular flexibility index (Phi) is 5.30. The number of ether oxygens (including phenoxy) is 1. The molecule has 0 aliphatic carbocycles. The lowest BCUT2D eigenvalue weighted by Gasteiger charge is -2.14. The molecule has 1 heterocycles. The summed E-state index contributed by atoms with van der Waals surface area (Å²) >= 11 is 0. The van der Waals surface area contributed by atoms with E-state index in [9.17, 15) is 18.2 Å². The van der Waals surface area contributed by atoms with Gasteiger partial charge < -0.3 is 15.8 Å². The summed E-state index contributed by atoms with van der Waals surface area (Å²) in [5.74, 6) is -0.729. The number of hydrogen-bond acceptors (Lipinski definition) is 4. The molecule has 0 saturated carbocycles. The Morgan fingerprint density at radius 1 is 1.06 bits per heavy atom. The van der Waals surface area contributed by atoms with Crippen molar-refractivity contribution < 1.29 is 22.9 Å². The molecule has 0 radical (unpaired) electrons. The fourth-order valence-electron chi connectivity index (χ4n) is 3.45. The van der Waals surface area contributed by atoms with E-state index in [2.05, 4.69) is 10.0 Å². The zero-order valence-corrected chi connectivity index (χ0v) is 17.4. The highest BCUT2D eigenvalue weighted by atomic mass is 32.3. The van der Waals surface area contributed by atoms with Crippen molar-refractivity contribution in [2.24, 2.45) is 5.73 Å². The van der Waals surface area contributed by atoms with Crippen molar-refractivity contribution in [3.8, 4) is 16.9 Å². The van der Waals surface area contributed by atoms with Crippen LogP contribution >= 0.6 is 0 Å². The van der Waals surface area contributed by atoms with Gasteiger partial charge in [-0.05, 0) is 69.3 Å². The second kappa shape index (κ2) is 7.93. The first-order chi connectivity index (χ1) is 14.7. The van der Waals surface area contributed by atoms with E-state index in [4.69, 9.17) is 10.5 Å². The highest BCUT2D eigenvalue weighted by Gasteiger charge is 2.24. The fraction of sp³-hybridized carbons (Fsp3) is 0.0909. The highest BCUT2D eigenvalue weighted by Crippen LogP contribution is 2.32. The van der Waals surface area contributed by atoms with E-state index >= 15 is 0 Å². The summed E-state index contributed by atoms with van der Waals surface area (Å²) in [6, 6.07) is 15.6. The maximum atomic E-state index is 13.2. The molecule has 0 saturated heterocycles. The Labute approximate surface area is 179 Å². The van der Waals surface area contributed by atoms with Gasteiger partial charge in [-0.3, -0.25) is 13.7 Å². The molecular formula is C22H20FN3O4S. The number of rotatable bonds is 4. The Morgan fingerprint density at radius 3 is 2.48 bits per heavy atom. The van der Waals surface area contributed by atoms with Gasteiger partial charge in [0, 0.05) is 23.3 Å². The number of carbonyl (C=O) groups excluding carboxylic acids is 2. The molecule has 0 fully saturated rings. The average Bonchev–Trinajstić information content (AvgIpc) is 3.04. The van der Waals surface area contributed by atoms with Crippen LogP contribution in [0.5, 0.6) is 5.75 Å². The molecule has 0 aromatic heterocycles. The van der Waals surface area contributed by atoms with Crippen molar-refractivity contribution in [2.45, 2.75) is 11.4 Å². The molecule has 0 bridgehead atoms. The Bertz CT molecular complexity index is 1240. The van der Waals surface area contributed by atoms with Crippen molar-refractivity contribution >= 4 is 27.8 Å². The smallest absolute Gasteiger partial charge is 0.408 e. The second-order valence-corrected chi connectivity index (χ2v) is 9.84. The third-order valence-electron chi connectivity index (χ3n) is 4.99. The number of halogens is 1. The number of anilines is 1. The van der Waals surface area contributed by atoms with Crippen LogP contribution in [0.15, 0.2) is 65.6 Å². The first kappa shape index (κ1) is 20.7. The van der Waals surface area contributed by atoms with Gasteiger partial charge in [0.1, 0.15) is 5.82 Å². The molecule has 3 aromatic rings. The standard InChI is InChI=1S/C22H20FN3O4S/c1-31(29)20-9-5-15(10-16(20)12-25-31)21(27)26-18-11-14(4-8-19(18)30-22(24)28)13-2-6-17(23)7-3-13/h2-11,31H,12H2,1H3,(H2,24,28)(H,25,29)(H,26,27). The van der Waals surface area contributed by atoms with Gasteiger partial charge in [-0.25, -0.2) is 9.18 Å². The van der Waals surface area contributed by atoms with Crippen molar-refractivity contribution in [2.75, 3.05) is 11.6 Å². The van der Waals surface area contributed by atoms with E-state index in [1.54, 1.807) is 48.7 Å². The summed E-state index contributed by atoms with van der Waals surface area (Å²) in [6.45, 7) is 0.417. The SMILES string of the molecule is C[SH]1(=O)NCc2cc(C(=O)Nc3cc(-c4ccc(F)cc4)ccc3OC(N)=O)ccc21. The third kappa shape index (κ3) is 4.32. The predicted molar refractivity (Wildman–Crippen MR) is 117 cm³/mol. The minimum absolute atomic E-state index is 0.0765. The minimum atomic E-state index is -2.60. The van der Waals surface area contributed by atoms with E-state index in [1.165, 1.54) is 18.2 Å². The predicted octanol–water partition coefficient (Wildman–Crippen LogP) is 3.23. The molecule has 1 aliphatic rings. The molecule has 160 valence electrons. The number of carbonyl (C=O) groups is 2. The molecule has 31 heavy (non-hydrogen) atoms. The number of hydrogen-bond donors (Lipinski definition) is 4. The first-order valence-electron chi connectivity index (χ1n) is 9.38. The molecule has 1 aliphatic heterocycles. The quantitative estimate of drug-likeness (QED) is 0.466. The lowest BCUT2D eigenvalue weighted by atomic mass is 10.0. The highest BCUT2D eigenvalue weighted by molar-refractivity contribution is 8.00. The topological polar surface area (TPSA) is 111 Å². The number of nitrogens with one attached hydrogen (secondary N) is 2. The maximum absolute atomic E-state index is 13.2. The average molecular weight is 441 g/mol. The van der Waals surface area contributed by atoms with Crippen LogP contribution in [-0.2, 0) is 16.7 Å². The Balaban J connectivity index is 1.66. The van der Waals surface area contributed by atoms with E-state index in [-0.39, 0.29) is 17.3 Å². The zero-order chi connectivity index (χ0) is 22.2. The monoisotopic (exact) mass is 441 g/mol. The molecule has 4 N–H and O–H groups in total. The van der Waals surface area contributed by atoms with Gasteiger partial charge >= 0.3 is 6.09 Å². The second-order valence-electron chi connectivity index (χ2n) is 7.20. The summed E-state index contributed by atoms with van der Waals surface area (Å²) in [5.41, 5.74) is 7.92.